The van der Waals surface area contributed by atoms with Gasteiger partial charge in [0.05, 0.1) is 17.1 Å². The minimum absolute atomic E-state index is 0.200. The minimum Gasteiger partial charge on any atom is -0.324 e. The molecule has 2 aliphatic rings. The third kappa shape index (κ3) is 1.56. The maximum Gasteiger partial charge on any atom is 0.127 e. The van der Waals surface area contributed by atoms with Gasteiger partial charge in [0.25, 0.3) is 0 Å². The van der Waals surface area contributed by atoms with Crippen molar-refractivity contribution in [3.8, 4) is 0 Å². The largest absolute Gasteiger partial charge is 0.324 e. The SMILES string of the molecule is Fc1ccc2c(c1)nc(C1CCCN1)n2C1CC1. The molecule has 94 valence electrons. The van der Waals surface area contributed by atoms with E-state index in [-0.39, 0.29) is 5.82 Å². The molecule has 18 heavy (non-hydrogen) atoms. The van der Waals surface area contributed by atoms with Crippen LogP contribution in [-0.4, -0.2) is 16.1 Å². The molecule has 1 saturated carbocycles. The van der Waals surface area contributed by atoms with Crippen molar-refractivity contribution in [2.24, 2.45) is 0 Å². The van der Waals surface area contributed by atoms with E-state index in [1.54, 1.807) is 6.07 Å². The standard InChI is InChI=1S/C14H16FN3/c15-9-3-6-13-12(8-9)17-14(11-2-1-7-16-11)18(13)10-4-5-10/h3,6,8,10-11,16H,1-2,4-5,7H2. The first kappa shape index (κ1) is 10.5. The third-order valence-corrected chi connectivity index (χ3v) is 3.96. The normalized spacial score (nSPS) is 23.9. The van der Waals surface area contributed by atoms with Crippen LogP contribution in [-0.2, 0) is 0 Å². The first-order valence-electron chi connectivity index (χ1n) is 6.74. The number of nitrogens with one attached hydrogen (secondary N) is 1. The summed E-state index contributed by atoms with van der Waals surface area (Å²) < 4.78 is 15.6. The highest BCUT2D eigenvalue weighted by Crippen LogP contribution is 2.41. The van der Waals surface area contributed by atoms with Crippen molar-refractivity contribution in [3.05, 3.63) is 29.8 Å². The molecule has 0 spiro atoms. The van der Waals surface area contributed by atoms with Crippen LogP contribution in [0.15, 0.2) is 18.2 Å². The Balaban J connectivity index is 1.91. The van der Waals surface area contributed by atoms with Crippen LogP contribution < -0.4 is 5.32 Å². The molecule has 2 aromatic rings. The van der Waals surface area contributed by atoms with E-state index in [0.29, 0.717) is 12.1 Å². The zero-order chi connectivity index (χ0) is 12.1. The van der Waals surface area contributed by atoms with E-state index in [4.69, 9.17) is 0 Å². The molecular formula is C14H16FN3. The topological polar surface area (TPSA) is 29.9 Å². The average molecular weight is 245 g/mol. The van der Waals surface area contributed by atoms with Crippen LogP contribution in [0.5, 0.6) is 0 Å². The fraction of sp³-hybridized carbons (Fsp3) is 0.500. The fourth-order valence-electron chi connectivity index (χ4n) is 2.96. The lowest BCUT2D eigenvalue weighted by Gasteiger charge is -2.13. The Morgan fingerprint density at radius 3 is 2.89 bits per heavy atom. The number of fused-ring (bicyclic) bond motifs is 1. The van der Waals surface area contributed by atoms with Gasteiger partial charge in [0.1, 0.15) is 11.6 Å². The number of imidazole rings is 1. The minimum atomic E-state index is -0.200. The van der Waals surface area contributed by atoms with Crippen molar-refractivity contribution < 1.29 is 4.39 Å². The smallest absolute Gasteiger partial charge is 0.127 e. The predicted octanol–water partition coefficient (Wildman–Crippen LogP) is 2.93. The summed E-state index contributed by atoms with van der Waals surface area (Å²) in [6.07, 6.45) is 4.79. The van der Waals surface area contributed by atoms with Crippen LogP contribution in [0, 0.1) is 5.82 Å². The van der Waals surface area contributed by atoms with Gasteiger partial charge in [0.2, 0.25) is 0 Å². The second kappa shape index (κ2) is 3.79. The number of rotatable bonds is 2. The Morgan fingerprint density at radius 1 is 1.28 bits per heavy atom. The van der Waals surface area contributed by atoms with E-state index in [2.05, 4.69) is 14.9 Å². The van der Waals surface area contributed by atoms with Gasteiger partial charge >= 0.3 is 0 Å². The lowest BCUT2D eigenvalue weighted by molar-refractivity contribution is 0.560. The van der Waals surface area contributed by atoms with E-state index < -0.39 is 0 Å². The van der Waals surface area contributed by atoms with Gasteiger partial charge in [-0.3, -0.25) is 0 Å². The molecule has 1 unspecified atom stereocenters. The predicted molar refractivity (Wildman–Crippen MR) is 67.9 cm³/mol. The Labute approximate surface area is 105 Å². The number of hydrogen-bond acceptors (Lipinski definition) is 2. The van der Waals surface area contributed by atoms with Crippen LogP contribution in [0.2, 0.25) is 0 Å². The quantitative estimate of drug-likeness (QED) is 0.881. The molecule has 0 amide bonds. The van der Waals surface area contributed by atoms with Gasteiger partial charge in [0, 0.05) is 12.1 Å². The summed E-state index contributed by atoms with van der Waals surface area (Å²) in [4.78, 5) is 4.68. The summed E-state index contributed by atoms with van der Waals surface area (Å²) in [5, 5.41) is 3.49. The van der Waals surface area contributed by atoms with Crippen LogP contribution in [0.25, 0.3) is 11.0 Å². The van der Waals surface area contributed by atoms with Crippen LogP contribution in [0.1, 0.15) is 43.6 Å². The molecule has 4 rings (SSSR count). The van der Waals surface area contributed by atoms with E-state index in [0.717, 1.165) is 29.8 Å². The van der Waals surface area contributed by atoms with Gasteiger partial charge in [0.15, 0.2) is 0 Å². The highest BCUT2D eigenvalue weighted by molar-refractivity contribution is 5.76. The van der Waals surface area contributed by atoms with Crippen molar-refractivity contribution in [1.29, 1.82) is 0 Å². The second-order valence-corrected chi connectivity index (χ2v) is 5.35. The Kier molecular flexibility index (Phi) is 2.21. The highest BCUT2D eigenvalue weighted by atomic mass is 19.1. The van der Waals surface area contributed by atoms with Gasteiger partial charge < -0.3 is 9.88 Å². The van der Waals surface area contributed by atoms with Gasteiger partial charge in [-0.15, -0.1) is 0 Å². The zero-order valence-electron chi connectivity index (χ0n) is 10.2. The Hall–Kier alpha value is -1.42. The summed E-state index contributed by atoms with van der Waals surface area (Å²) in [7, 11) is 0. The maximum atomic E-state index is 13.3. The Bertz CT molecular complexity index is 594. The van der Waals surface area contributed by atoms with Crippen molar-refractivity contribution in [1.82, 2.24) is 14.9 Å². The molecule has 1 aliphatic carbocycles. The zero-order valence-corrected chi connectivity index (χ0v) is 10.2. The molecule has 1 aromatic carbocycles. The lowest BCUT2D eigenvalue weighted by Crippen LogP contribution is -2.17. The van der Waals surface area contributed by atoms with E-state index >= 15 is 0 Å². The summed E-state index contributed by atoms with van der Waals surface area (Å²) >= 11 is 0. The molecule has 1 saturated heterocycles. The first-order chi connectivity index (χ1) is 8.83. The summed E-state index contributed by atoms with van der Waals surface area (Å²) in [6.45, 7) is 1.06. The van der Waals surface area contributed by atoms with E-state index in [9.17, 15) is 4.39 Å². The number of aromatic nitrogens is 2. The van der Waals surface area contributed by atoms with E-state index in [1.807, 2.05) is 6.07 Å². The molecule has 3 nitrogen and oxygen atoms in total. The highest BCUT2D eigenvalue weighted by Gasteiger charge is 2.31. The van der Waals surface area contributed by atoms with Crippen LogP contribution >= 0.6 is 0 Å². The fourth-order valence-corrected chi connectivity index (χ4v) is 2.96. The van der Waals surface area contributed by atoms with Crippen molar-refractivity contribution in [2.75, 3.05) is 6.54 Å². The number of benzene rings is 1. The van der Waals surface area contributed by atoms with Crippen molar-refractivity contribution in [3.63, 3.8) is 0 Å². The van der Waals surface area contributed by atoms with Crippen LogP contribution in [0.4, 0.5) is 4.39 Å². The molecule has 0 bridgehead atoms. The molecule has 1 aromatic heterocycles. The number of halogens is 1. The molecule has 1 aliphatic heterocycles. The number of hydrogen-bond donors (Lipinski definition) is 1. The molecule has 0 radical (unpaired) electrons. The molecular weight excluding hydrogens is 229 g/mol. The van der Waals surface area contributed by atoms with Gasteiger partial charge in [-0.1, -0.05) is 0 Å². The molecule has 2 heterocycles. The monoisotopic (exact) mass is 245 g/mol. The molecule has 1 atom stereocenters. The summed E-state index contributed by atoms with van der Waals surface area (Å²) in [6, 6.07) is 5.88. The van der Waals surface area contributed by atoms with Gasteiger partial charge in [-0.2, -0.15) is 0 Å². The summed E-state index contributed by atoms with van der Waals surface area (Å²) in [5.41, 5.74) is 1.88. The molecule has 1 N–H and O–H groups in total. The number of nitrogens with zero attached hydrogens (tertiary/aromatic N) is 2. The lowest BCUT2D eigenvalue weighted by atomic mass is 10.2. The first-order valence-corrected chi connectivity index (χ1v) is 6.74. The van der Waals surface area contributed by atoms with E-state index in [1.165, 1.54) is 25.3 Å². The molecule has 4 heteroatoms. The maximum absolute atomic E-state index is 13.3. The second-order valence-electron chi connectivity index (χ2n) is 5.35. The van der Waals surface area contributed by atoms with Crippen LogP contribution in [0.3, 0.4) is 0 Å². The molecule has 2 fully saturated rings. The average Bonchev–Trinajstić information content (AvgIpc) is 2.92. The van der Waals surface area contributed by atoms with Gasteiger partial charge in [-0.25, -0.2) is 9.37 Å². The van der Waals surface area contributed by atoms with Gasteiger partial charge in [-0.05, 0) is 44.4 Å². The third-order valence-electron chi connectivity index (χ3n) is 3.96. The summed E-state index contributed by atoms with van der Waals surface area (Å²) in [5.74, 6) is 0.907. The van der Waals surface area contributed by atoms with Crippen molar-refractivity contribution >= 4 is 11.0 Å². The van der Waals surface area contributed by atoms with Crippen molar-refractivity contribution in [2.45, 2.75) is 37.8 Å². The Morgan fingerprint density at radius 2 is 2.17 bits per heavy atom.